The molecule has 0 amide bonds. The van der Waals surface area contributed by atoms with Crippen LogP contribution < -0.4 is 0 Å². The molecule has 0 N–H and O–H groups in total. The zero-order valence-corrected chi connectivity index (χ0v) is 12.6. The minimum absolute atomic E-state index is 0.213. The predicted octanol–water partition coefficient (Wildman–Crippen LogP) is 1.89. The lowest BCUT2D eigenvalue weighted by atomic mass is 10.0. The molecule has 0 bridgehead atoms. The molecule has 0 aromatic heterocycles. The third-order valence-electron chi connectivity index (χ3n) is 2.13. The minimum Gasteiger partial charge on any atom is -0.462 e. The van der Waals surface area contributed by atoms with E-state index in [1.54, 1.807) is 52.9 Å². The van der Waals surface area contributed by atoms with Crippen molar-refractivity contribution in [1.29, 1.82) is 0 Å². The largest absolute Gasteiger partial charge is 0.462 e. The molecule has 5 heteroatoms. The second kappa shape index (κ2) is 8.34. The van der Waals surface area contributed by atoms with Crippen molar-refractivity contribution in [3.8, 4) is 0 Å². The van der Waals surface area contributed by atoms with Crippen LogP contribution in [0.1, 0.15) is 27.7 Å². The molecular weight excluding hydrogens is 246 g/mol. The molecule has 0 unspecified atom stereocenters. The molecule has 19 heavy (non-hydrogen) atoms. The zero-order valence-electron chi connectivity index (χ0n) is 12.6. The highest BCUT2D eigenvalue weighted by Gasteiger charge is 2.24. The van der Waals surface area contributed by atoms with E-state index in [9.17, 15) is 9.59 Å². The maximum atomic E-state index is 12.0. The molecule has 0 radical (unpaired) electrons. The summed E-state index contributed by atoms with van der Waals surface area (Å²) in [5.74, 6) is -1.04. The molecule has 0 saturated heterocycles. The van der Waals surface area contributed by atoms with Gasteiger partial charge in [0.15, 0.2) is 0 Å². The Bertz CT molecular complexity index is 390. The van der Waals surface area contributed by atoms with Gasteiger partial charge in [0.25, 0.3) is 0 Å². The van der Waals surface area contributed by atoms with E-state index in [2.05, 4.69) is 0 Å². The van der Waals surface area contributed by atoms with E-state index >= 15 is 0 Å². The lowest BCUT2D eigenvalue weighted by molar-refractivity contribution is -0.142. The third-order valence-corrected chi connectivity index (χ3v) is 2.13. The van der Waals surface area contributed by atoms with Crippen LogP contribution >= 0.6 is 0 Å². The Morgan fingerprint density at radius 2 is 1.47 bits per heavy atom. The predicted molar refractivity (Wildman–Crippen MR) is 73.4 cm³/mol. The van der Waals surface area contributed by atoms with Gasteiger partial charge in [-0.25, -0.2) is 9.59 Å². The SMILES string of the molecule is CCOC(=O)C(=C(C)C)/C(=C\N(C)C)C(=O)OCC. The second-order valence-electron chi connectivity index (χ2n) is 4.32. The maximum absolute atomic E-state index is 12.0. The van der Waals surface area contributed by atoms with E-state index in [0.29, 0.717) is 5.57 Å². The van der Waals surface area contributed by atoms with Gasteiger partial charge in [0.05, 0.1) is 24.4 Å². The van der Waals surface area contributed by atoms with E-state index in [1.807, 2.05) is 0 Å². The van der Waals surface area contributed by atoms with Gasteiger partial charge in [-0.3, -0.25) is 0 Å². The monoisotopic (exact) mass is 269 g/mol. The van der Waals surface area contributed by atoms with E-state index in [1.165, 1.54) is 0 Å². The Hall–Kier alpha value is -1.78. The number of hydrogen-bond acceptors (Lipinski definition) is 5. The fourth-order valence-electron chi connectivity index (χ4n) is 1.47. The van der Waals surface area contributed by atoms with Crippen LogP contribution in [-0.4, -0.2) is 44.1 Å². The Labute approximate surface area is 114 Å². The van der Waals surface area contributed by atoms with E-state index < -0.39 is 11.9 Å². The van der Waals surface area contributed by atoms with Crippen molar-refractivity contribution < 1.29 is 19.1 Å². The average molecular weight is 269 g/mol. The van der Waals surface area contributed by atoms with E-state index in [0.717, 1.165) is 0 Å². The standard InChI is InChI=1S/C14H23NO4/c1-7-18-13(16)11(9-15(5)6)12(10(3)4)14(17)19-8-2/h9H,7-8H2,1-6H3/b11-9+. The topological polar surface area (TPSA) is 55.8 Å². The number of allylic oxidation sites excluding steroid dienone is 1. The van der Waals surface area contributed by atoms with Gasteiger partial charge in [-0.15, -0.1) is 0 Å². The number of rotatable bonds is 6. The Balaban J connectivity index is 5.61. The van der Waals surface area contributed by atoms with Crippen LogP contribution in [0.3, 0.4) is 0 Å². The minimum atomic E-state index is -0.527. The third kappa shape index (κ3) is 5.59. The Morgan fingerprint density at radius 3 is 1.84 bits per heavy atom. The van der Waals surface area contributed by atoms with Crippen molar-refractivity contribution in [2.45, 2.75) is 27.7 Å². The highest BCUT2D eigenvalue weighted by atomic mass is 16.5. The molecule has 0 aromatic carbocycles. The summed E-state index contributed by atoms with van der Waals surface area (Å²) in [6.07, 6.45) is 1.57. The Morgan fingerprint density at radius 1 is 1.00 bits per heavy atom. The molecule has 0 aliphatic heterocycles. The summed E-state index contributed by atoms with van der Waals surface area (Å²) in [6, 6.07) is 0. The molecule has 0 aliphatic carbocycles. The molecule has 0 rings (SSSR count). The Kier molecular flexibility index (Phi) is 7.56. The van der Waals surface area contributed by atoms with Gasteiger partial charge >= 0.3 is 11.9 Å². The summed E-state index contributed by atoms with van der Waals surface area (Å²) in [6.45, 7) is 7.47. The average Bonchev–Trinajstić information content (AvgIpc) is 2.27. The second-order valence-corrected chi connectivity index (χ2v) is 4.32. The quantitative estimate of drug-likeness (QED) is 0.419. The summed E-state index contributed by atoms with van der Waals surface area (Å²) in [5.41, 5.74) is 1.18. The lowest BCUT2D eigenvalue weighted by Crippen LogP contribution is -2.20. The van der Waals surface area contributed by atoms with Gasteiger partial charge in [-0.1, -0.05) is 5.57 Å². The summed E-state index contributed by atoms with van der Waals surface area (Å²) in [7, 11) is 3.54. The normalized spacial score (nSPS) is 10.7. The number of nitrogens with zero attached hydrogens (tertiary/aromatic N) is 1. The van der Waals surface area contributed by atoms with Crippen LogP contribution in [-0.2, 0) is 19.1 Å². The first-order valence-corrected chi connectivity index (χ1v) is 6.25. The van der Waals surface area contributed by atoms with Crippen molar-refractivity contribution in [3.63, 3.8) is 0 Å². The van der Waals surface area contributed by atoms with Gasteiger partial charge in [-0.05, 0) is 27.7 Å². The van der Waals surface area contributed by atoms with Gasteiger partial charge in [0.1, 0.15) is 0 Å². The fourth-order valence-corrected chi connectivity index (χ4v) is 1.47. The van der Waals surface area contributed by atoms with Crippen molar-refractivity contribution in [2.24, 2.45) is 0 Å². The van der Waals surface area contributed by atoms with E-state index in [-0.39, 0.29) is 24.4 Å². The van der Waals surface area contributed by atoms with Gasteiger partial charge < -0.3 is 14.4 Å². The number of carbonyl (C=O) groups is 2. The van der Waals surface area contributed by atoms with Crippen LogP contribution in [0.25, 0.3) is 0 Å². The van der Waals surface area contributed by atoms with E-state index in [4.69, 9.17) is 9.47 Å². The van der Waals surface area contributed by atoms with Crippen LogP contribution in [0.4, 0.5) is 0 Å². The molecule has 0 fully saturated rings. The summed E-state index contributed by atoms with van der Waals surface area (Å²) in [4.78, 5) is 25.6. The summed E-state index contributed by atoms with van der Waals surface area (Å²) in [5, 5.41) is 0. The molecule has 108 valence electrons. The number of carbonyl (C=O) groups excluding carboxylic acids is 2. The first kappa shape index (κ1) is 17.2. The fraction of sp³-hybridized carbons (Fsp3) is 0.571. The lowest BCUT2D eigenvalue weighted by Gasteiger charge is -2.15. The number of hydrogen-bond donors (Lipinski definition) is 0. The van der Waals surface area contributed by atoms with Gasteiger partial charge in [0, 0.05) is 20.3 Å². The number of esters is 2. The smallest absolute Gasteiger partial charge is 0.340 e. The van der Waals surface area contributed by atoms with Gasteiger partial charge in [0.2, 0.25) is 0 Å². The molecular formula is C14H23NO4. The van der Waals surface area contributed by atoms with Crippen molar-refractivity contribution in [3.05, 3.63) is 22.9 Å². The first-order valence-electron chi connectivity index (χ1n) is 6.25. The highest BCUT2D eigenvalue weighted by molar-refractivity contribution is 6.07. The van der Waals surface area contributed by atoms with Crippen LogP contribution in [0.15, 0.2) is 22.9 Å². The van der Waals surface area contributed by atoms with Gasteiger partial charge in [-0.2, -0.15) is 0 Å². The number of ether oxygens (including phenoxy) is 2. The molecule has 0 spiro atoms. The summed E-state index contributed by atoms with van der Waals surface area (Å²) < 4.78 is 9.98. The highest BCUT2D eigenvalue weighted by Crippen LogP contribution is 2.19. The first-order chi connectivity index (χ1) is 8.84. The van der Waals surface area contributed by atoms with Crippen molar-refractivity contribution in [2.75, 3.05) is 27.3 Å². The van der Waals surface area contributed by atoms with Crippen LogP contribution in [0.2, 0.25) is 0 Å². The van der Waals surface area contributed by atoms with Crippen LogP contribution in [0.5, 0.6) is 0 Å². The maximum Gasteiger partial charge on any atom is 0.340 e. The molecule has 0 atom stereocenters. The molecule has 0 saturated carbocycles. The summed E-state index contributed by atoms with van der Waals surface area (Å²) >= 11 is 0. The zero-order chi connectivity index (χ0) is 15.0. The molecule has 5 nitrogen and oxygen atoms in total. The molecule has 0 aliphatic rings. The van der Waals surface area contributed by atoms with Crippen LogP contribution in [0, 0.1) is 0 Å². The molecule has 0 aromatic rings. The molecule has 0 heterocycles. The van der Waals surface area contributed by atoms with Crippen molar-refractivity contribution in [1.82, 2.24) is 4.90 Å². The van der Waals surface area contributed by atoms with Crippen molar-refractivity contribution >= 4 is 11.9 Å².